The van der Waals surface area contributed by atoms with Gasteiger partial charge in [-0.15, -0.1) is 0 Å². The molecule has 10 heteroatoms. The first kappa shape index (κ1) is 41.7. The fraction of sp³-hybridized carbons (Fsp3) is 0.625. The van der Waals surface area contributed by atoms with Gasteiger partial charge in [0.25, 0.3) is 10.1 Å². The van der Waals surface area contributed by atoms with Crippen LogP contribution in [0.2, 0.25) is 0 Å². The van der Waals surface area contributed by atoms with Crippen LogP contribution in [0.25, 0.3) is 22.2 Å². The van der Waals surface area contributed by atoms with Crippen LogP contribution in [0.15, 0.2) is 52.5 Å². The Morgan fingerprint density at radius 3 is 1.62 bits per heavy atom. The molecular weight excluding hydrogens is 667 g/mol. The van der Waals surface area contributed by atoms with Crippen LogP contribution < -0.4 is 10.2 Å². The molecule has 0 bridgehead atoms. The first-order chi connectivity index (χ1) is 23.3. The number of fused-ring (bicyclic) bond motifs is 1. The zero-order chi connectivity index (χ0) is 37.2. The molecule has 0 fully saturated rings. The van der Waals surface area contributed by atoms with Gasteiger partial charge in [-0.1, -0.05) is 138 Å². The minimum absolute atomic E-state index is 0.0429. The smallest absolute Gasteiger partial charge is 0.294 e. The lowest BCUT2D eigenvalue weighted by atomic mass is 9.79. The molecule has 0 aliphatic heterocycles. The molecule has 0 aliphatic carbocycles. The van der Waals surface area contributed by atoms with Gasteiger partial charge >= 0.3 is 0 Å². The molecule has 0 radical (unpaired) electrons. The van der Waals surface area contributed by atoms with Crippen LogP contribution in [0.5, 0.6) is 0 Å². The number of hydrogen-bond acceptors (Lipinski definition) is 5. The second-order valence-corrected chi connectivity index (χ2v) is 19.3. The van der Waals surface area contributed by atoms with Crippen LogP contribution in [-0.4, -0.2) is 31.7 Å². The van der Waals surface area contributed by atoms with E-state index in [1.54, 1.807) is 12.1 Å². The molecule has 0 saturated carbocycles. The summed E-state index contributed by atoms with van der Waals surface area (Å²) in [6, 6.07) is 12.6. The normalized spacial score (nSPS) is 13.3. The third-order valence-electron chi connectivity index (χ3n) is 9.57. The molecule has 0 amide bonds. The van der Waals surface area contributed by atoms with Gasteiger partial charge in [0.1, 0.15) is 0 Å². The van der Waals surface area contributed by atoms with Crippen molar-refractivity contribution in [3.63, 3.8) is 0 Å². The molecule has 0 spiro atoms. The lowest BCUT2D eigenvalue weighted by Gasteiger charge is -2.27. The maximum absolute atomic E-state index is 13.1. The second-order valence-electron chi connectivity index (χ2n) is 16.0. The van der Waals surface area contributed by atoms with Gasteiger partial charge in [-0.25, -0.2) is 13.2 Å². The van der Waals surface area contributed by atoms with Gasteiger partial charge in [0.15, 0.2) is 0 Å². The summed E-state index contributed by atoms with van der Waals surface area (Å²) >= 11 is 0. The summed E-state index contributed by atoms with van der Waals surface area (Å²) in [7, 11) is -6.35. The van der Waals surface area contributed by atoms with Crippen molar-refractivity contribution in [3.8, 4) is 11.3 Å². The van der Waals surface area contributed by atoms with E-state index in [0.717, 1.165) is 41.6 Å². The molecule has 0 saturated heterocycles. The summed E-state index contributed by atoms with van der Waals surface area (Å²) in [6.07, 6.45) is 16.6. The molecule has 0 unspecified atom stereocenters. The number of aryl methyl sites for hydroxylation is 1. The quantitative estimate of drug-likeness (QED) is 0.0724. The number of benzene rings is 2. The molecule has 2 aromatic carbocycles. The Bertz CT molecular complexity index is 1820. The van der Waals surface area contributed by atoms with Crippen LogP contribution in [0.1, 0.15) is 149 Å². The van der Waals surface area contributed by atoms with Crippen molar-refractivity contribution < 1.29 is 21.4 Å². The highest BCUT2D eigenvalue weighted by Gasteiger charge is 2.22. The summed E-state index contributed by atoms with van der Waals surface area (Å²) in [5.41, 5.74) is 4.45. The van der Waals surface area contributed by atoms with Crippen molar-refractivity contribution in [1.29, 1.82) is 0 Å². The lowest BCUT2D eigenvalue weighted by Crippen LogP contribution is -2.25. The summed E-state index contributed by atoms with van der Waals surface area (Å²) < 4.78 is 62.0. The number of hydrogen-bond donors (Lipinski definition) is 2. The Morgan fingerprint density at radius 1 is 0.680 bits per heavy atom. The largest absolute Gasteiger partial charge is 0.344 e. The first-order valence-electron chi connectivity index (χ1n) is 18.6. The number of nitrogens with one attached hydrogen (secondary N) is 1. The van der Waals surface area contributed by atoms with Crippen molar-refractivity contribution in [2.45, 2.75) is 154 Å². The Balaban J connectivity index is 1.79. The van der Waals surface area contributed by atoms with E-state index in [0.29, 0.717) is 17.3 Å². The maximum atomic E-state index is 13.1. The van der Waals surface area contributed by atoms with Gasteiger partial charge in [-0.2, -0.15) is 13.5 Å². The van der Waals surface area contributed by atoms with E-state index in [9.17, 15) is 21.4 Å². The topological polar surface area (TPSA) is 118 Å². The second kappa shape index (κ2) is 18.2. The standard InChI is InChI=1S/C40H63N3O5S2/c1-9-10-11-12-13-14-15-16-17-18-19-20-21-22-25-49(44,45)42-41-36-30-38(43(8)37-24-23-34(29-35(36)37)50(46,47)48)31-26-32(39(2,3)4)28-33(27-31)40(5,6)7/h23-24,26-30,42H,9-22,25H2,1-8H3,(H,46,47,48)/b41-36+. The first-order valence-corrected chi connectivity index (χ1v) is 21.7. The zero-order valence-corrected chi connectivity index (χ0v) is 33.6. The van der Waals surface area contributed by atoms with Crippen LogP contribution in [-0.2, 0) is 38.0 Å². The summed E-state index contributed by atoms with van der Waals surface area (Å²) in [5.74, 6) is -0.0429. The van der Waals surface area contributed by atoms with E-state index in [1.165, 1.54) is 76.3 Å². The van der Waals surface area contributed by atoms with Gasteiger partial charge in [-0.3, -0.25) is 4.55 Å². The lowest BCUT2D eigenvalue weighted by molar-refractivity contribution is 0.483. The highest BCUT2D eigenvalue weighted by atomic mass is 32.2. The number of pyridine rings is 1. The third-order valence-corrected chi connectivity index (χ3v) is 11.6. The predicted molar refractivity (Wildman–Crippen MR) is 208 cm³/mol. The van der Waals surface area contributed by atoms with Crippen LogP contribution in [0, 0.1) is 0 Å². The minimum atomic E-state index is -4.50. The predicted octanol–water partition coefficient (Wildman–Crippen LogP) is 9.90. The summed E-state index contributed by atoms with van der Waals surface area (Å²) in [4.78, 5) is 2.13. The Labute approximate surface area is 303 Å². The number of unbranched alkanes of at least 4 members (excludes halogenated alkanes) is 13. The van der Waals surface area contributed by atoms with Crippen LogP contribution in [0.4, 0.5) is 0 Å². The molecule has 1 aromatic heterocycles. The van der Waals surface area contributed by atoms with Gasteiger partial charge < -0.3 is 4.57 Å². The molecular formula is C40H63N3O5S2. The summed E-state index contributed by atoms with van der Waals surface area (Å²) in [6.45, 7) is 15.3. The van der Waals surface area contributed by atoms with Crippen molar-refractivity contribution in [3.05, 3.63) is 58.9 Å². The van der Waals surface area contributed by atoms with Crippen molar-refractivity contribution in [1.82, 2.24) is 9.40 Å². The van der Waals surface area contributed by atoms with Gasteiger partial charge in [0.05, 0.1) is 27.2 Å². The molecule has 0 aliphatic rings. The average molecular weight is 730 g/mol. The van der Waals surface area contributed by atoms with Crippen molar-refractivity contribution >= 4 is 31.0 Å². The number of nitrogens with zero attached hydrogens (tertiary/aromatic N) is 2. The molecule has 1 heterocycles. The molecule has 280 valence electrons. The van der Waals surface area contributed by atoms with Gasteiger partial charge in [0.2, 0.25) is 10.0 Å². The fourth-order valence-corrected chi connectivity index (χ4v) is 7.69. The highest BCUT2D eigenvalue weighted by Crippen LogP contribution is 2.34. The molecule has 3 aromatic rings. The SMILES string of the molecule is CCCCCCCCCCCCCCCCS(=O)(=O)N/N=c1\cc(-c2cc(C(C)(C)C)cc(C(C)(C)C)c2)n(C)c2ccc(S(=O)(=O)O)cc12. The number of aromatic nitrogens is 1. The van der Waals surface area contributed by atoms with Gasteiger partial charge in [-0.05, 0) is 70.3 Å². The average Bonchev–Trinajstić information content (AvgIpc) is 3.03. The Hall–Kier alpha value is -2.69. The van der Waals surface area contributed by atoms with E-state index < -0.39 is 20.1 Å². The third kappa shape index (κ3) is 12.8. The van der Waals surface area contributed by atoms with Crippen molar-refractivity contribution in [2.75, 3.05) is 5.75 Å². The van der Waals surface area contributed by atoms with Gasteiger partial charge in [0, 0.05) is 12.4 Å². The maximum Gasteiger partial charge on any atom is 0.294 e. The van der Waals surface area contributed by atoms with E-state index in [2.05, 4.69) is 76.6 Å². The molecule has 3 rings (SSSR count). The fourth-order valence-electron chi connectivity index (χ4n) is 6.27. The minimum Gasteiger partial charge on any atom is -0.344 e. The Kier molecular flexibility index (Phi) is 15.2. The van der Waals surface area contributed by atoms with Crippen molar-refractivity contribution in [2.24, 2.45) is 12.1 Å². The van der Waals surface area contributed by atoms with Crippen LogP contribution in [0.3, 0.4) is 0 Å². The van der Waals surface area contributed by atoms with E-state index >= 15 is 0 Å². The van der Waals surface area contributed by atoms with E-state index in [-0.39, 0.29) is 26.8 Å². The molecule has 50 heavy (non-hydrogen) atoms. The monoisotopic (exact) mass is 729 g/mol. The van der Waals surface area contributed by atoms with E-state index in [4.69, 9.17) is 0 Å². The highest BCUT2D eigenvalue weighted by molar-refractivity contribution is 7.89. The van der Waals surface area contributed by atoms with E-state index in [1.807, 2.05) is 11.6 Å². The molecule has 2 N–H and O–H groups in total. The van der Waals surface area contributed by atoms with Crippen LogP contribution >= 0.6 is 0 Å². The Morgan fingerprint density at radius 2 is 1.16 bits per heavy atom. The number of rotatable bonds is 19. The molecule has 0 atom stereocenters. The molecule has 8 nitrogen and oxygen atoms in total. The zero-order valence-electron chi connectivity index (χ0n) is 31.9. The number of sulfonamides is 1. The summed E-state index contributed by atoms with van der Waals surface area (Å²) in [5, 5.41) is 5.02.